The van der Waals surface area contributed by atoms with Gasteiger partial charge in [-0.2, -0.15) is 0 Å². The number of aromatic hydroxyl groups is 1. The zero-order chi connectivity index (χ0) is 9.84. The maximum absolute atomic E-state index is 12.9. The van der Waals surface area contributed by atoms with Gasteiger partial charge in [-0.3, -0.25) is 0 Å². The van der Waals surface area contributed by atoms with E-state index in [9.17, 15) is 9.50 Å². The van der Waals surface area contributed by atoms with Crippen LogP contribution in [0.5, 0.6) is 5.75 Å². The van der Waals surface area contributed by atoms with Gasteiger partial charge in [0, 0.05) is 16.5 Å². The first kappa shape index (κ1) is 10.4. The summed E-state index contributed by atoms with van der Waals surface area (Å²) >= 11 is 3.12. The number of phenols is 1. The summed E-state index contributed by atoms with van der Waals surface area (Å²) in [7, 11) is 0. The second-order valence-corrected chi connectivity index (χ2v) is 3.43. The zero-order valence-corrected chi connectivity index (χ0v) is 8.34. The van der Waals surface area contributed by atoms with Crippen molar-refractivity contribution in [2.45, 2.75) is 6.42 Å². The topological polar surface area (TPSA) is 55.5 Å². The van der Waals surface area contributed by atoms with Crippen LogP contribution >= 0.6 is 15.9 Å². The van der Waals surface area contributed by atoms with Crippen molar-refractivity contribution in [1.82, 2.24) is 0 Å². The van der Waals surface area contributed by atoms with Crippen LogP contribution in [0.4, 0.5) is 4.39 Å². The van der Waals surface area contributed by atoms with Crippen LogP contribution in [0.15, 0.2) is 16.6 Å². The van der Waals surface area contributed by atoms with Crippen molar-refractivity contribution in [2.24, 2.45) is 5.90 Å². The SMILES string of the molecule is NOCCc1cc(Br)cc(F)c1O. The van der Waals surface area contributed by atoms with Gasteiger partial charge >= 0.3 is 0 Å². The molecule has 0 saturated heterocycles. The Morgan fingerprint density at radius 3 is 2.85 bits per heavy atom. The van der Waals surface area contributed by atoms with E-state index >= 15 is 0 Å². The van der Waals surface area contributed by atoms with E-state index in [0.717, 1.165) is 0 Å². The molecule has 0 aliphatic rings. The summed E-state index contributed by atoms with van der Waals surface area (Å²) in [6.07, 6.45) is 0.374. The Morgan fingerprint density at radius 1 is 1.54 bits per heavy atom. The summed E-state index contributed by atoms with van der Waals surface area (Å²) in [5.41, 5.74) is 0.470. The normalized spacial score (nSPS) is 10.4. The second kappa shape index (κ2) is 4.55. The summed E-state index contributed by atoms with van der Waals surface area (Å²) in [5.74, 6) is 3.82. The van der Waals surface area contributed by atoms with Crippen LogP contribution in [0.25, 0.3) is 0 Å². The van der Waals surface area contributed by atoms with Gasteiger partial charge in [0.15, 0.2) is 11.6 Å². The van der Waals surface area contributed by atoms with Crippen molar-refractivity contribution in [1.29, 1.82) is 0 Å². The first-order chi connectivity index (χ1) is 6.15. The molecule has 0 saturated carbocycles. The molecule has 1 aromatic rings. The van der Waals surface area contributed by atoms with E-state index in [4.69, 9.17) is 5.90 Å². The van der Waals surface area contributed by atoms with Crippen molar-refractivity contribution >= 4 is 15.9 Å². The fraction of sp³-hybridized carbons (Fsp3) is 0.250. The summed E-state index contributed by atoms with van der Waals surface area (Å²) in [4.78, 5) is 4.33. The lowest BCUT2D eigenvalue weighted by atomic mass is 10.1. The maximum atomic E-state index is 12.9. The molecule has 0 unspecified atom stereocenters. The van der Waals surface area contributed by atoms with Gasteiger partial charge < -0.3 is 9.94 Å². The van der Waals surface area contributed by atoms with Crippen LogP contribution in [0.1, 0.15) is 5.56 Å². The van der Waals surface area contributed by atoms with Crippen LogP contribution in [0, 0.1) is 5.82 Å². The summed E-state index contributed by atoms with van der Waals surface area (Å²) in [6.45, 7) is 0.240. The minimum atomic E-state index is -0.651. The molecular formula is C8H9BrFNO2. The summed E-state index contributed by atoms with van der Waals surface area (Å²) in [5, 5.41) is 9.26. The highest BCUT2D eigenvalue weighted by molar-refractivity contribution is 9.10. The molecule has 13 heavy (non-hydrogen) atoms. The Bertz CT molecular complexity index is 306. The molecule has 0 aliphatic heterocycles. The van der Waals surface area contributed by atoms with E-state index in [1.165, 1.54) is 6.07 Å². The summed E-state index contributed by atoms with van der Waals surface area (Å²) < 4.78 is 13.5. The molecule has 0 fully saturated rings. The second-order valence-electron chi connectivity index (χ2n) is 2.52. The quantitative estimate of drug-likeness (QED) is 0.803. The molecule has 0 radical (unpaired) electrons. The molecule has 1 rings (SSSR count). The Labute approximate surface area is 83.4 Å². The Morgan fingerprint density at radius 2 is 2.23 bits per heavy atom. The van der Waals surface area contributed by atoms with Gasteiger partial charge in [-0.15, -0.1) is 0 Å². The lowest BCUT2D eigenvalue weighted by molar-refractivity contribution is 0.140. The predicted octanol–water partition coefficient (Wildman–Crippen LogP) is 1.73. The van der Waals surface area contributed by atoms with Crippen molar-refractivity contribution < 1.29 is 14.3 Å². The number of halogens is 2. The molecular weight excluding hydrogens is 241 g/mol. The Balaban J connectivity index is 2.92. The van der Waals surface area contributed by atoms with E-state index in [0.29, 0.717) is 16.5 Å². The van der Waals surface area contributed by atoms with Gasteiger partial charge in [-0.25, -0.2) is 10.3 Å². The molecule has 0 aromatic heterocycles. The van der Waals surface area contributed by atoms with Crippen molar-refractivity contribution in [3.05, 3.63) is 28.0 Å². The number of rotatable bonds is 3. The molecule has 0 heterocycles. The van der Waals surface area contributed by atoms with E-state index in [2.05, 4.69) is 20.8 Å². The standard InChI is InChI=1S/C8H9BrFNO2/c9-6-3-5(1-2-13-11)8(12)7(10)4-6/h3-4,12H,1-2,11H2. The fourth-order valence-electron chi connectivity index (χ4n) is 0.979. The van der Waals surface area contributed by atoms with Crippen LogP contribution in [0.3, 0.4) is 0 Å². The molecule has 0 amide bonds. The highest BCUT2D eigenvalue weighted by atomic mass is 79.9. The van der Waals surface area contributed by atoms with E-state index in [1.807, 2.05) is 0 Å². The van der Waals surface area contributed by atoms with Gasteiger partial charge in [0.25, 0.3) is 0 Å². The molecule has 1 aromatic carbocycles. The molecule has 5 heteroatoms. The first-order valence-corrected chi connectivity index (χ1v) is 4.43. The number of benzene rings is 1. The summed E-state index contributed by atoms with van der Waals surface area (Å²) in [6, 6.07) is 2.82. The fourth-order valence-corrected chi connectivity index (χ4v) is 1.46. The monoisotopic (exact) mass is 249 g/mol. The third kappa shape index (κ3) is 2.65. The minimum absolute atomic E-state index is 0.240. The average Bonchev–Trinajstić information content (AvgIpc) is 2.09. The average molecular weight is 250 g/mol. The van der Waals surface area contributed by atoms with Crippen molar-refractivity contribution in [3.8, 4) is 5.75 Å². The van der Waals surface area contributed by atoms with Gasteiger partial charge in [-0.1, -0.05) is 15.9 Å². The first-order valence-electron chi connectivity index (χ1n) is 3.63. The molecule has 3 N–H and O–H groups in total. The van der Waals surface area contributed by atoms with Gasteiger partial charge in [0.05, 0.1) is 6.61 Å². The van der Waals surface area contributed by atoms with Gasteiger partial charge in [-0.05, 0) is 12.1 Å². The van der Waals surface area contributed by atoms with Crippen LogP contribution < -0.4 is 5.90 Å². The smallest absolute Gasteiger partial charge is 0.166 e. The number of hydrogen-bond acceptors (Lipinski definition) is 3. The highest BCUT2D eigenvalue weighted by Gasteiger charge is 2.08. The van der Waals surface area contributed by atoms with Crippen molar-refractivity contribution in [2.75, 3.05) is 6.61 Å². The third-order valence-corrected chi connectivity index (χ3v) is 2.05. The van der Waals surface area contributed by atoms with Gasteiger partial charge in [0.2, 0.25) is 0 Å². The Hall–Kier alpha value is -0.650. The lowest BCUT2D eigenvalue weighted by Crippen LogP contribution is -2.04. The van der Waals surface area contributed by atoms with Crippen LogP contribution in [-0.4, -0.2) is 11.7 Å². The largest absolute Gasteiger partial charge is 0.505 e. The minimum Gasteiger partial charge on any atom is -0.505 e. The van der Waals surface area contributed by atoms with Crippen molar-refractivity contribution in [3.63, 3.8) is 0 Å². The molecule has 0 bridgehead atoms. The molecule has 0 spiro atoms. The van der Waals surface area contributed by atoms with Gasteiger partial charge in [0.1, 0.15) is 0 Å². The molecule has 0 aliphatic carbocycles. The predicted molar refractivity (Wildman–Crippen MR) is 49.6 cm³/mol. The Kier molecular flexibility index (Phi) is 3.65. The zero-order valence-electron chi connectivity index (χ0n) is 6.76. The maximum Gasteiger partial charge on any atom is 0.166 e. The lowest BCUT2D eigenvalue weighted by Gasteiger charge is -2.05. The number of nitrogens with two attached hydrogens (primary N) is 1. The van der Waals surface area contributed by atoms with E-state index in [1.54, 1.807) is 6.07 Å². The molecule has 3 nitrogen and oxygen atoms in total. The van der Waals surface area contributed by atoms with E-state index < -0.39 is 5.82 Å². The van der Waals surface area contributed by atoms with Crippen LogP contribution in [0.2, 0.25) is 0 Å². The highest BCUT2D eigenvalue weighted by Crippen LogP contribution is 2.26. The molecule has 72 valence electrons. The molecule has 0 atom stereocenters. The van der Waals surface area contributed by atoms with E-state index in [-0.39, 0.29) is 12.4 Å². The number of hydrogen-bond donors (Lipinski definition) is 2. The third-order valence-electron chi connectivity index (χ3n) is 1.60. The number of phenolic OH excluding ortho intramolecular Hbond substituents is 1. The van der Waals surface area contributed by atoms with Crippen LogP contribution in [-0.2, 0) is 11.3 Å².